The highest BCUT2D eigenvalue weighted by Crippen LogP contribution is 2.19. The summed E-state index contributed by atoms with van der Waals surface area (Å²) in [6.07, 6.45) is 2.10. The number of ether oxygens (including phenoxy) is 1. The molecule has 1 atom stereocenters. The van der Waals surface area contributed by atoms with Crippen molar-refractivity contribution in [1.82, 2.24) is 5.32 Å². The van der Waals surface area contributed by atoms with Crippen LogP contribution < -0.4 is 5.32 Å². The first-order chi connectivity index (χ1) is 9.07. The van der Waals surface area contributed by atoms with Gasteiger partial charge in [-0.3, -0.25) is 0 Å². The predicted octanol–water partition coefficient (Wildman–Crippen LogP) is 1.89. The SMILES string of the molecule is CC(Cc1cccc(F)c1)NCC1(O)CCOCC1. The zero-order valence-corrected chi connectivity index (χ0v) is 11.4. The van der Waals surface area contributed by atoms with Crippen molar-refractivity contribution >= 4 is 0 Å². The lowest BCUT2D eigenvalue weighted by Gasteiger charge is -2.33. The minimum absolute atomic E-state index is 0.201. The van der Waals surface area contributed by atoms with E-state index in [0.29, 0.717) is 32.6 Å². The van der Waals surface area contributed by atoms with Crippen LogP contribution in [0.4, 0.5) is 4.39 Å². The van der Waals surface area contributed by atoms with Gasteiger partial charge in [0.2, 0.25) is 0 Å². The van der Waals surface area contributed by atoms with Crippen molar-refractivity contribution < 1.29 is 14.2 Å². The summed E-state index contributed by atoms with van der Waals surface area (Å²) >= 11 is 0. The van der Waals surface area contributed by atoms with Gasteiger partial charge in [0.05, 0.1) is 5.60 Å². The molecule has 0 amide bonds. The van der Waals surface area contributed by atoms with Gasteiger partial charge in [0.15, 0.2) is 0 Å². The molecule has 0 aliphatic carbocycles. The molecule has 106 valence electrons. The van der Waals surface area contributed by atoms with Crippen LogP contribution in [0.3, 0.4) is 0 Å². The smallest absolute Gasteiger partial charge is 0.123 e. The van der Waals surface area contributed by atoms with Crippen molar-refractivity contribution in [2.45, 2.75) is 37.8 Å². The largest absolute Gasteiger partial charge is 0.388 e. The maximum atomic E-state index is 13.1. The normalized spacial score (nSPS) is 20.2. The van der Waals surface area contributed by atoms with Gasteiger partial charge in [-0.25, -0.2) is 4.39 Å². The monoisotopic (exact) mass is 267 g/mol. The molecule has 4 heteroatoms. The Bertz CT molecular complexity index is 405. The third-order valence-corrected chi connectivity index (χ3v) is 3.63. The van der Waals surface area contributed by atoms with E-state index in [1.54, 1.807) is 12.1 Å². The number of nitrogens with one attached hydrogen (secondary N) is 1. The molecule has 1 saturated heterocycles. The highest BCUT2D eigenvalue weighted by Gasteiger charge is 2.29. The molecule has 0 spiro atoms. The summed E-state index contributed by atoms with van der Waals surface area (Å²) in [6.45, 7) is 3.85. The minimum Gasteiger partial charge on any atom is -0.388 e. The Morgan fingerprint density at radius 1 is 1.42 bits per heavy atom. The summed E-state index contributed by atoms with van der Waals surface area (Å²) in [6, 6.07) is 6.86. The van der Waals surface area contributed by atoms with E-state index in [1.165, 1.54) is 6.07 Å². The summed E-state index contributed by atoms with van der Waals surface area (Å²) in [5.74, 6) is -0.201. The number of rotatable bonds is 5. The molecule has 0 bridgehead atoms. The third-order valence-electron chi connectivity index (χ3n) is 3.63. The van der Waals surface area contributed by atoms with Gasteiger partial charge in [0.25, 0.3) is 0 Å². The van der Waals surface area contributed by atoms with E-state index < -0.39 is 5.60 Å². The number of hydrogen-bond donors (Lipinski definition) is 2. The lowest BCUT2D eigenvalue weighted by molar-refractivity contribution is -0.0625. The maximum Gasteiger partial charge on any atom is 0.123 e. The van der Waals surface area contributed by atoms with Crippen LogP contribution in [0.1, 0.15) is 25.3 Å². The van der Waals surface area contributed by atoms with Crippen molar-refractivity contribution in [2.75, 3.05) is 19.8 Å². The van der Waals surface area contributed by atoms with Crippen molar-refractivity contribution in [3.8, 4) is 0 Å². The van der Waals surface area contributed by atoms with E-state index in [9.17, 15) is 9.50 Å². The topological polar surface area (TPSA) is 41.5 Å². The van der Waals surface area contributed by atoms with Gasteiger partial charge in [0, 0.05) is 38.6 Å². The first kappa shape index (κ1) is 14.4. The Balaban J connectivity index is 1.79. The fourth-order valence-electron chi connectivity index (χ4n) is 2.38. The van der Waals surface area contributed by atoms with Crippen LogP contribution >= 0.6 is 0 Å². The van der Waals surface area contributed by atoms with Crippen LogP contribution in [0.15, 0.2) is 24.3 Å². The molecule has 0 saturated carbocycles. The Morgan fingerprint density at radius 2 is 2.16 bits per heavy atom. The maximum absolute atomic E-state index is 13.1. The van der Waals surface area contributed by atoms with Gasteiger partial charge in [-0.05, 0) is 31.0 Å². The molecule has 3 nitrogen and oxygen atoms in total. The molecule has 1 fully saturated rings. The van der Waals surface area contributed by atoms with Gasteiger partial charge >= 0.3 is 0 Å². The van der Waals surface area contributed by atoms with Gasteiger partial charge in [-0.2, -0.15) is 0 Å². The molecule has 0 radical (unpaired) electrons. The molecule has 1 heterocycles. The quantitative estimate of drug-likeness (QED) is 0.856. The Labute approximate surface area is 113 Å². The number of benzene rings is 1. The van der Waals surface area contributed by atoms with Crippen LogP contribution in [0, 0.1) is 5.82 Å². The molecule has 1 unspecified atom stereocenters. The van der Waals surface area contributed by atoms with E-state index in [4.69, 9.17) is 4.74 Å². The zero-order valence-electron chi connectivity index (χ0n) is 11.4. The van der Waals surface area contributed by atoms with E-state index in [-0.39, 0.29) is 11.9 Å². The van der Waals surface area contributed by atoms with E-state index in [1.807, 2.05) is 13.0 Å². The van der Waals surface area contributed by atoms with Crippen molar-refractivity contribution in [1.29, 1.82) is 0 Å². The average molecular weight is 267 g/mol. The lowest BCUT2D eigenvalue weighted by atomic mass is 9.94. The molecular weight excluding hydrogens is 245 g/mol. The number of hydrogen-bond acceptors (Lipinski definition) is 3. The predicted molar refractivity (Wildman–Crippen MR) is 72.6 cm³/mol. The molecule has 0 aromatic heterocycles. The van der Waals surface area contributed by atoms with Crippen LogP contribution in [-0.4, -0.2) is 36.5 Å². The number of aliphatic hydroxyl groups is 1. The van der Waals surface area contributed by atoms with Gasteiger partial charge in [0.1, 0.15) is 5.82 Å². The summed E-state index contributed by atoms with van der Waals surface area (Å²) in [7, 11) is 0. The highest BCUT2D eigenvalue weighted by molar-refractivity contribution is 5.17. The second-order valence-electron chi connectivity index (χ2n) is 5.45. The fraction of sp³-hybridized carbons (Fsp3) is 0.600. The molecule has 2 rings (SSSR count). The molecule has 1 aliphatic rings. The van der Waals surface area contributed by atoms with E-state index in [2.05, 4.69) is 5.32 Å². The molecule has 1 aliphatic heterocycles. The van der Waals surface area contributed by atoms with Crippen LogP contribution in [0.5, 0.6) is 0 Å². The van der Waals surface area contributed by atoms with Crippen LogP contribution in [0.2, 0.25) is 0 Å². The lowest BCUT2D eigenvalue weighted by Crippen LogP contribution is -2.47. The van der Waals surface area contributed by atoms with Gasteiger partial charge < -0.3 is 15.2 Å². The number of halogens is 1. The highest BCUT2D eigenvalue weighted by atomic mass is 19.1. The molecule has 1 aromatic rings. The second-order valence-corrected chi connectivity index (χ2v) is 5.45. The summed E-state index contributed by atoms with van der Waals surface area (Å²) in [5.41, 5.74) is 0.313. The van der Waals surface area contributed by atoms with Crippen LogP contribution in [0.25, 0.3) is 0 Å². The minimum atomic E-state index is -0.658. The fourth-order valence-corrected chi connectivity index (χ4v) is 2.38. The van der Waals surface area contributed by atoms with E-state index >= 15 is 0 Å². The molecule has 1 aromatic carbocycles. The van der Waals surface area contributed by atoms with Gasteiger partial charge in [-0.1, -0.05) is 12.1 Å². The zero-order chi connectivity index (χ0) is 13.7. The standard InChI is InChI=1S/C15H22FNO2/c1-12(9-13-3-2-4-14(16)10-13)17-11-15(18)5-7-19-8-6-15/h2-4,10,12,17-18H,5-9,11H2,1H3. The Hall–Kier alpha value is -0.970. The average Bonchev–Trinajstić information content (AvgIpc) is 2.38. The van der Waals surface area contributed by atoms with Crippen LogP contribution in [-0.2, 0) is 11.2 Å². The van der Waals surface area contributed by atoms with Crippen molar-refractivity contribution in [3.05, 3.63) is 35.6 Å². The Kier molecular flexibility index (Phi) is 4.91. The first-order valence-corrected chi connectivity index (χ1v) is 6.85. The van der Waals surface area contributed by atoms with Gasteiger partial charge in [-0.15, -0.1) is 0 Å². The third kappa shape index (κ3) is 4.56. The Morgan fingerprint density at radius 3 is 2.84 bits per heavy atom. The summed E-state index contributed by atoms with van der Waals surface area (Å²) < 4.78 is 18.3. The summed E-state index contributed by atoms with van der Waals surface area (Å²) in [5, 5.41) is 13.7. The first-order valence-electron chi connectivity index (χ1n) is 6.85. The summed E-state index contributed by atoms with van der Waals surface area (Å²) in [4.78, 5) is 0. The van der Waals surface area contributed by atoms with Crippen molar-refractivity contribution in [3.63, 3.8) is 0 Å². The molecule has 2 N–H and O–H groups in total. The van der Waals surface area contributed by atoms with Crippen molar-refractivity contribution in [2.24, 2.45) is 0 Å². The molecule has 19 heavy (non-hydrogen) atoms. The molecular formula is C15H22FNO2. The van der Waals surface area contributed by atoms with E-state index in [0.717, 1.165) is 12.0 Å². The second kappa shape index (κ2) is 6.46.